The van der Waals surface area contributed by atoms with Crippen LogP contribution >= 0.6 is 0 Å². The fraction of sp³-hybridized carbons (Fsp3) is 1.00. The van der Waals surface area contributed by atoms with Crippen molar-refractivity contribution in [3.05, 3.63) is 5.21 Å². The largest absolute Gasteiger partial charge is 0.634 e. The van der Waals surface area contributed by atoms with Gasteiger partial charge in [0.15, 0.2) is 0 Å². The van der Waals surface area contributed by atoms with Gasteiger partial charge in [0.25, 0.3) is 0 Å². The third kappa shape index (κ3) is 2.52. The maximum atomic E-state index is 11.8. The lowest BCUT2D eigenvalue weighted by Gasteiger charge is -2.56. The second-order valence-electron chi connectivity index (χ2n) is 7.39. The van der Waals surface area contributed by atoms with Gasteiger partial charge in [-0.2, -0.15) is 0 Å². The van der Waals surface area contributed by atoms with Crippen LogP contribution in [-0.2, 0) is 0 Å². The van der Waals surface area contributed by atoms with Crippen molar-refractivity contribution < 1.29 is 9.55 Å². The Kier molecular flexibility index (Phi) is 2.97. The second-order valence-corrected chi connectivity index (χ2v) is 7.39. The molecular weight excluding hydrogens is 188 g/mol. The number of hydrogen-bond donors (Lipinski definition) is 1. The molecule has 0 aromatic carbocycles. The average Bonchev–Trinajstić information content (AvgIpc) is 1.71. The molecule has 1 heterocycles. The van der Waals surface area contributed by atoms with Crippen molar-refractivity contribution in [2.45, 2.75) is 33.7 Å². The first-order valence-electron chi connectivity index (χ1n) is 5.80. The molecule has 1 N–H and O–H groups in total. The zero-order valence-corrected chi connectivity index (χ0v) is 11.3. The van der Waals surface area contributed by atoms with Crippen LogP contribution in [0.5, 0.6) is 0 Å². The van der Waals surface area contributed by atoms with Crippen LogP contribution in [0.25, 0.3) is 0 Å². The van der Waals surface area contributed by atoms with Gasteiger partial charge < -0.3 is 14.8 Å². The Bertz CT molecular complexity index is 222. The van der Waals surface area contributed by atoms with E-state index in [0.717, 1.165) is 17.6 Å². The van der Waals surface area contributed by atoms with Crippen molar-refractivity contribution in [1.29, 1.82) is 0 Å². The SMILES string of the molecule is CC1(C)C[NH+]([O-])CC(C)(C)C1[N+](C)(C)C. The molecule has 0 amide bonds. The van der Waals surface area contributed by atoms with Crippen molar-refractivity contribution in [2.24, 2.45) is 10.8 Å². The summed E-state index contributed by atoms with van der Waals surface area (Å²) < 4.78 is 0.938. The van der Waals surface area contributed by atoms with E-state index in [2.05, 4.69) is 48.8 Å². The maximum Gasteiger partial charge on any atom is 0.110 e. The Morgan fingerprint density at radius 1 is 1.00 bits per heavy atom. The first-order chi connectivity index (χ1) is 6.47. The fourth-order valence-corrected chi connectivity index (χ4v) is 4.43. The number of nitrogens with one attached hydrogen (secondary N) is 1. The lowest BCUT2D eigenvalue weighted by molar-refractivity contribution is -0.948. The second kappa shape index (κ2) is 3.44. The van der Waals surface area contributed by atoms with E-state index >= 15 is 0 Å². The molecule has 0 spiro atoms. The third-order valence-corrected chi connectivity index (χ3v) is 3.56. The van der Waals surface area contributed by atoms with Gasteiger partial charge in [-0.25, -0.2) is 0 Å². The minimum atomic E-state index is 0.108. The topological polar surface area (TPSA) is 27.5 Å². The van der Waals surface area contributed by atoms with Crippen LogP contribution in [0.1, 0.15) is 27.7 Å². The summed E-state index contributed by atoms with van der Waals surface area (Å²) in [6.45, 7) is 10.4. The lowest BCUT2D eigenvalue weighted by atomic mass is 9.65. The van der Waals surface area contributed by atoms with Gasteiger partial charge in [0, 0.05) is 0 Å². The standard InChI is InChI=1S/C12H27N2O/c1-11(2)8-13(15)9-12(3,4)10(11)14(5,6)7/h10,13H,8-9H2,1-7H3/q+1. The molecule has 0 bridgehead atoms. The summed E-state index contributed by atoms with van der Waals surface area (Å²) in [6, 6.07) is 0.530. The van der Waals surface area contributed by atoms with E-state index in [1.165, 1.54) is 0 Å². The molecule has 90 valence electrons. The molecule has 0 atom stereocenters. The van der Waals surface area contributed by atoms with E-state index in [4.69, 9.17) is 0 Å². The number of rotatable bonds is 1. The van der Waals surface area contributed by atoms with Crippen LogP contribution in [0.4, 0.5) is 0 Å². The zero-order chi connectivity index (χ0) is 12.1. The van der Waals surface area contributed by atoms with E-state index in [1.807, 2.05) is 0 Å². The van der Waals surface area contributed by atoms with Gasteiger partial charge >= 0.3 is 0 Å². The smallest absolute Gasteiger partial charge is 0.110 e. The average molecular weight is 215 g/mol. The highest BCUT2D eigenvalue weighted by molar-refractivity contribution is 4.92. The molecule has 15 heavy (non-hydrogen) atoms. The molecule has 0 aliphatic carbocycles. The van der Waals surface area contributed by atoms with Gasteiger partial charge in [0.2, 0.25) is 0 Å². The van der Waals surface area contributed by atoms with Crippen LogP contribution in [0.2, 0.25) is 0 Å². The van der Waals surface area contributed by atoms with Gasteiger partial charge in [-0.15, -0.1) is 0 Å². The summed E-state index contributed by atoms with van der Waals surface area (Å²) in [6.07, 6.45) is 0. The molecule has 1 fully saturated rings. The van der Waals surface area contributed by atoms with Crippen LogP contribution < -0.4 is 5.06 Å². The number of piperidine rings is 1. The molecule has 1 saturated heterocycles. The highest BCUT2D eigenvalue weighted by Gasteiger charge is 2.54. The Morgan fingerprint density at radius 3 is 1.60 bits per heavy atom. The Labute approximate surface area is 94.2 Å². The summed E-state index contributed by atoms with van der Waals surface area (Å²) in [4.78, 5) is 0. The molecule has 0 radical (unpaired) electrons. The summed E-state index contributed by atoms with van der Waals surface area (Å²) in [5.41, 5.74) is 0.216. The molecule has 0 aromatic rings. The molecule has 0 aromatic heterocycles. The summed E-state index contributed by atoms with van der Waals surface area (Å²) >= 11 is 0. The Balaban J connectivity index is 3.09. The van der Waals surface area contributed by atoms with Crippen molar-refractivity contribution >= 4 is 0 Å². The van der Waals surface area contributed by atoms with Crippen LogP contribution in [-0.4, -0.2) is 44.8 Å². The summed E-state index contributed by atoms with van der Waals surface area (Å²) in [7, 11) is 6.72. The van der Waals surface area contributed by atoms with E-state index in [0.29, 0.717) is 11.1 Å². The molecule has 1 aliphatic heterocycles. The van der Waals surface area contributed by atoms with Gasteiger partial charge in [-0.1, -0.05) is 0 Å². The Hall–Kier alpha value is -0.120. The molecule has 1 aliphatic rings. The molecule has 0 unspecified atom stereocenters. The summed E-state index contributed by atoms with van der Waals surface area (Å²) in [5, 5.41) is 12.2. The van der Waals surface area contributed by atoms with Crippen LogP contribution in [0, 0.1) is 16.0 Å². The highest BCUT2D eigenvalue weighted by atomic mass is 16.5. The van der Waals surface area contributed by atoms with Gasteiger partial charge in [0.1, 0.15) is 6.04 Å². The highest BCUT2D eigenvalue weighted by Crippen LogP contribution is 2.40. The van der Waals surface area contributed by atoms with Crippen LogP contribution in [0.15, 0.2) is 0 Å². The fourth-order valence-electron chi connectivity index (χ4n) is 4.43. The number of hydroxylamine groups is 2. The van der Waals surface area contributed by atoms with Gasteiger partial charge in [-0.05, 0) is 27.7 Å². The van der Waals surface area contributed by atoms with Gasteiger partial charge in [-0.3, -0.25) is 0 Å². The third-order valence-electron chi connectivity index (χ3n) is 3.56. The lowest BCUT2D eigenvalue weighted by Crippen LogP contribution is -3.13. The predicted molar refractivity (Wildman–Crippen MR) is 63.4 cm³/mol. The first-order valence-corrected chi connectivity index (χ1v) is 5.80. The van der Waals surface area contributed by atoms with Crippen molar-refractivity contribution in [3.8, 4) is 0 Å². The van der Waals surface area contributed by atoms with E-state index in [-0.39, 0.29) is 10.8 Å². The predicted octanol–water partition coefficient (Wildman–Crippen LogP) is 0.510. The van der Waals surface area contributed by atoms with Crippen molar-refractivity contribution in [1.82, 2.24) is 0 Å². The van der Waals surface area contributed by atoms with Crippen molar-refractivity contribution in [2.75, 3.05) is 34.2 Å². The minimum Gasteiger partial charge on any atom is -0.634 e. The van der Waals surface area contributed by atoms with Crippen molar-refractivity contribution in [3.63, 3.8) is 0 Å². The molecule has 3 heteroatoms. The number of quaternary nitrogens is 2. The van der Waals surface area contributed by atoms with E-state index < -0.39 is 0 Å². The van der Waals surface area contributed by atoms with Crippen LogP contribution in [0.3, 0.4) is 0 Å². The molecule has 3 nitrogen and oxygen atoms in total. The quantitative estimate of drug-likeness (QED) is 0.501. The molecule has 0 saturated carbocycles. The molecular formula is C12H27N2O+. The van der Waals surface area contributed by atoms with Gasteiger partial charge in [0.05, 0.1) is 45.1 Å². The molecule has 1 rings (SSSR count). The number of hydrogen-bond acceptors (Lipinski definition) is 1. The Morgan fingerprint density at radius 2 is 1.33 bits per heavy atom. The first kappa shape index (κ1) is 12.9. The maximum absolute atomic E-state index is 11.8. The van der Waals surface area contributed by atoms with E-state index in [9.17, 15) is 5.21 Å². The van der Waals surface area contributed by atoms with E-state index in [1.54, 1.807) is 0 Å². The summed E-state index contributed by atoms with van der Waals surface area (Å²) in [5.74, 6) is 0. The zero-order valence-electron chi connectivity index (χ0n) is 11.3. The monoisotopic (exact) mass is 215 g/mol. The normalized spacial score (nSPS) is 35.2. The minimum absolute atomic E-state index is 0.108. The number of nitrogens with zero attached hydrogens (tertiary/aromatic N) is 1.